The van der Waals surface area contributed by atoms with Crippen molar-refractivity contribution in [2.24, 2.45) is 0 Å². The van der Waals surface area contributed by atoms with Crippen LogP contribution in [0.15, 0.2) is 41.2 Å². The van der Waals surface area contributed by atoms with Crippen LogP contribution in [0.4, 0.5) is 11.4 Å². The number of carbonyl (C=O) groups excluding carboxylic acids is 1. The minimum Gasteiger partial charge on any atom is -0.492 e. The van der Waals surface area contributed by atoms with Gasteiger partial charge in [0.15, 0.2) is 0 Å². The van der Waals surface area contributed by atoms with Crippen LogP contribution in [0, 0.1) is 6.92 Å². The monoisotopic (exact) mass is 498 g/mol. The second kappa shape index (κ2) is 11.4. The summed E-state index contributed by atoms with van der Waals surface area (Å²) >= 11 is 1.58. The van der Waals surface area contributed by atoms with Crippen molar-refractivity contribution < 1.29 is 19.0 Å². The molecule has 1 aliphatic heterocycles. The summed E-state index contributed by atoms with van der Waals surface area (Å²) in [7, 11) is 0. The number of aryl methyl sites for hydroxylation is 1. The number of amides is 1. The number of nitrogens with zero attached hydrogens (tertiary/aromatic N) is 3. The van der Waals surface area contributed by atoms with Gasteiger partial charge in [-0.2, -0.15) is 5.10 Å². The van der Waals surface area contributed by atoms with E-state index in [4.69, 9.17) is 14.2 Å². The van der Waals surface area contributed by atoms with Crippen LogP contribution >= 0.6 is 11.3 Å². The van der Waals surface area contributed by atoms with Gasteiger partial charge in [-0.25, -0.2) is 4.68 Å². The first-order chi connectivity index (χ1) is 17.0. The molecule has 0 atom stereocenters. The number of nitrogens with one attached hydrogen (secondary N) is 1. The summed E-state index contributed by atoms with van der Waals surface area (Å²) in [6.07, 6.45) is 0. The largest absolute Gasteiger partial charge is 0.492 e. The average molecular weight is 499 g/mol. The van der Waals surface area contributed by atoms with Gasteiger partial charge in [0, 0.05) is 36.2 Å². The van der Waals surface area contributed by atoms with Gasteiger partial charge in [0.25, 0.3) is 5.56 Å². The van der Waals surface area contributed by atoms with Crippen LogP contribution in [0.2, 0.25) is 0 Å². The first kappa shape index (κ1) is 24.7. The van der Waals surface area contributed by atoms with E-state index in [-0.39, 0.29) is 18.0 Å². The van der Waals surface area contributed by atoms with Crippen LogP contribution in [0.3, 0.4) is 0 Å². The number of rotatable bonds is 9. The normalized spacial score (nSPS) is 13.5. The molecule has 1 N–H and O–H groups in total. The zero-order valence-corrected chi connectivity index (χ0v) is 21.0. The number of anilines is 2. The number of benzene rings is 1. The zero-order valence-electron chi connectivity index (χ0n) is 20.2. The molecule has 0 aliphatic carbocycles. The maximum absolute atomic E-state index is 13.0. The third kappa shape index (κ3) is 6.01. The fourth-order valence-corrected chi connectivity index (χ4v) is 4.67. The highest BCUT2D eigenvalue weighted by Gasteiger charge is 2.21. The van der Waals surface area contributed by atoms with Crippen LogP contribution in [0.1, 0.15) is 18.7 Å². The maximum Gasteiger partial charge on any atom is 0.267 e. The van der Waals surface area contributed by atoms with Gasteiger partial charge in [0.05, 0.1) is 42.7 Å². The molecule has 2 aromatic heterocycles. The molecular weight excluding hydrogens is 468 g/mol. The second-order valence-electron chi connectivity index (χ2n) is 7.95. The van der Waals surface area contributed by atoms with Gasteiger partial charge in [0.1, 0.15) is 23.7 Å². The Bertz CT molecular complexity index is 1230. The molecule has 1 saturated heterocycles. The number of thiophene rings is 1. The highest BCUT2D eigenvalue weighted by molar-refractivity contribution is 7.15. The minimum atomic E-state index is -0.387. The molecule has 1 aromatic carbocycles. The molecule has 4 rings (SSSR count). The van der Waals surface area contributed by atoms with Crippen molar-refractivity contribution in [1.82, 2.24) is 9.78 Å². The number of hydrogen-bond donors (Lipinski definition) is 1. The van der Waals surface area contributed by atoms with Gasteiger partial charge >= 0.3 is 0 Å². The standard InChI is InChI=1S/C25H30N4O5S/c1-4-33-21-15-20(28-10-12-32-13-11-28)22(34-5-2)14-19(21)26-24(30)16-29-25(31)9-7-18(27-29)23-8-6-17(3)35-23/h6-9,14-15H,4-5,10-13,16H2,1-3H3,(H,26,30). The summed E-state index contributed by atoms with van der Waals surface area (Å²) in [5.41, 5.74) is 1.68. The third-order valence-corrected chi connectivity index (χ3v) is 6.46. The van der Waals surface area contributed by atoms with Gasteiger partial charge < -0.3 is 24.4 Å². The quantitative estimate of drug-likeness (QED) is 0.482. The van der Waals surface area contributed by atoms with Crippen LogP contribution in [0.5, 0.6) is 11.5 Å². The Morgan fingerprint density at radius 3 is 2.51 bits per heavy atom. The molecule has 1 fully saturated rings. The molecule has 0 saturated carbocycles. The van der Waals surface area contributed by atoms with Crippen molar-refractivity contribution in [2.45, 2.75) is 27.3 Å². The van der Waals surface area contributed by atoms with E-state index in [0.717, 1.165) is 28.5 Å². The summed E-state index contributed by atoms with van der Waals surface area (Å²) in [6.45, 7) is 9.26. The van der Waals surface area contributed by atoms with E-state index in [2.05, 4.69) is 15.3 Å². The Morgan fingerprint density at radius 1 is 1.09 bits per heavy atom. The molecule has 0 unspecified atom stereocenters. The summed E-state index contributed by atoms with van der Waals surface area (Å²) < 4.78 is 18.4. The van der Waals surface area contributed by atoms with E-state index >= 15 is 0 Å². The van der Waals surface area contributed by atoms with Crippen molar-refractivity contribution in [3.05, 3.63) is 51.6 Å². The number of carbonyl (C=O) groups is 1. The van der Waals surface area contributed by atoms with Crippen molar-refractivity contribution in [2.75, 3.05) is 49.7 Å². The number of aromatic nitrogens is 2. The molecule has 0 spiro atoms. The van der Waals surface area contributed by atoms with Crippen molar-refractivity contribution in [3.8, 4) is 22.1 Å². The van der Waals surface area contributed by atoms with Gasteiger partial charge in [0.2, 0.25) is 5.91 Å². The van der Waals surface area contributed by atoms with Gasteiger partial charge in [-0.1, -0.05) is 0 Å². The van der Waals surface area contributed by atoms with Gasteiger partial charge in [-0.15, -0.1) is 11.3 Å². The summed E-state index contributed by atoms with van der Waals surface area (Å²) in [6, 6.07) is 10.7. The molecule has 0 radical (unpaired) electrons. The molecule has 186 valence electrons. The van der Waals surface area contributed by atoms with E-state index in [9.17, 15) is 9.59 Å². The van der Waals surface area contributed by atoms with Crippen molar-refractivity contribution >= 4 is 28.6 Å². The fourth-order valence-electron chi connectivity index (χ4n) is 3.84. The lowest BCUT2D eigenvalue weighted by Gasteiger charge is -2.31. The first-order valence-corrected chi connectivity index (χ1v) is 12.5. The Kier molecular flexibility index (Phi) is 8.04. The van der Waals surface area contributed by atoms with Crippen molar-refractivity contribution in [3.63, 3.8) is 0 Å². The molecule has 1 amide bonds. The molecule has 1 aliphatic rings. The van der Waals surface area contributed by atoms with Crippen LogP contribution in [-0.4, -0.2) is 55.2 Å². The molecule has 35 heavy (non-hydrogen) atoms. The Balaban J connectivity index is 1.58. The predicted molar refractivity (Wildman–Crippen MR) is 137 cm³/mol. The Morgan fingerprint density at radius 2 is 1.83 bits per heavy atom. The van der Waals surface area contributed by atoms with Crippen LogP contribution in [0.25, 0.3) is 10.6 Å². The third-order valence-electron chi connectivity index (χ3n) is 5.44. The molecule has 10 heteroatoms. The lowest BCUT2D eigenvalue weighted by molar-refractivity contribution is -0.117. The summed E-state index contributed by atoms with van der Waals surface area (Å²) in [5.74, 6) is 0.800. The Hall–Kier alpha value is -3.37. The minimum absolute atomic E-state index is 0.224. The predicted octanol–water partition coefficient (Wildman–Crippen LogP) is 3.55. The van der Waals surface area contributed by atoms with E-state index < -0.39 is 0 Å². The van der Waals surface area contributed by atoms with E-state index in [1.807, 2.05) is 39.0 Å². The number of hydrogen-bond acceptors (Lipinski definition) is 8. The average Bonchev–Trinajstić information content (AvgIpc) is 3.29. The lowest BCUT2D eigenvalue weighted by atomic mass is 10.2. The highest BCUT2D eigenvalue weighted by atomic mass is 32.1. The number of ether oxygens (including phenoxy) is 3. The van der Waals surface area contributed by atoms with Crippen LogP contribution in [-0.2, 0) is 16.1 Å². The summed E-state index contributed by atoms with van der Waals surface area (Å²) in [4.78, 5) is 29.6. The number of morpholine rings is 1. The van der Waals surface area contributed by atoms with Gasteiger partial charge in [-0.3, -0.25) is 9.59 Å². The zero-order chi connectivity index (χ0) is 24.8. The smallest absolute Gasteiger partial charge is 0.267 e. The SMILES string of the molecule is CCOc1cc(N2CCOCC2)c(OCC)cc1NC(=O)Cn1nc(-c2ccc(C)s2)ccc1=O. The molecular formula is C25H30N4O5S. The van der Waals surface area contributed by atoms with E-state index in [0.29, 0.717) is 49.3 Å². The molecule has 9 nitrogen and oxygen atoms in total. The Labute approximate surface area is 208 Å². The van der Waals surface area contributed by atoms with Crippen LogP contribution < -0.4 is 25.2 Å². The van der Waals surface area contributed by atoms with Crippen molar-refractivity contribution in [1.29, 1.82) is 0 Å². The molecule has 3 heterocycles. The highest BCUT2D eigenvalue weighted by Crippen LogP contribution is 2.39. The second-order valence-corrected chi connectivity index (χ2v) is 9.24. The molecule has 3 aromatic rings. The fraction of sp³-hybridized carbons (Fsp3) is 0.400. The van der Waals surface area contributed by atoms with Gasteiger partial charge in [-0.05, 0) is 39.0 Å². The lowest BCUT2D eigenvalue weighted by Crippen LogP contribution is -2.36. The topological polar surface area (TPSA) is 94.9 Å². The summed E-state index contributed by atoms with van der Waals surface area (Å²) in [5, 5.41) is 7.28. The van der Waals surface area contributed by atoms with E-state index in [1.54, 1.807) is 23.5 Å². The first-order valence-electron chi connectivity index (χ1n) is 11.7. The van der Waals surface area contributed by atoms with E-state index in [1.165, 1.54) is 10.7 Å². The maximum atomic E-state index is 13.0. The molecule has 0 bridgehead atoms.